The van der Waals surface area contributed by atoms with Crippen molar-refractivity contribution in [3.63, 3.8) is 0 Å². The maximum Gasteiger partial charge on any atom is 0.0760 e. The van der Waals surface area contributed by atoms with E-state index in [4.69, 9.17) is 10.5 Å². The number of rotatable bonds is 5. The molecule has 1 aliphatic rings. The van der Waals surface area contributed by atoms with Crippen LogP contribution in [-0.2, 0) is 4.74 Å². The summed E-state index contributed by atoms with van der Waals surface area (Å²) in [7, 11) is 0. The van der Waals surface area contributed by atoms with E-state index in [-0.39, 0.29) is 16.6 Å². The Morgan fingerprint density at radius 2 is 1.61 bits per heavy atom. The Hall–Kier alpha value is -0.120. The van der Waals surface area contributed by atoms with Gasteiger partial charge in [-0.2, -0.15) is 0 Å². The number of morpholine rings is 1. The zero-order valence-electron chi connectivity index (χ0n) is 13.2. The van der Waals surface area contributed by atoms with E-state index in [9.17, 15) is 0 Å². The third kappa shape index (κ3) is 5.25. The maximum absolute atomic E-state index is 6.10. The SMILES string of the molecule is CC(C)(CN)CCCN1CC(C)(C)OC(C)(C)C1. The molecule has 0 aromatic carbocycles. The van der Waals surface area contributed by atoms with Gasteiger partial charge in [0, 0.05) is 13.1 Å². The Bertz CT molecular complexity index is 256. The molecule has 2 N–H and O–H groups in total. The van der Waals surface area contributed by atoms with Crippen molar-refractivity contribution in [2.24, 2.45) is 11.1 Å². The van der Waals surface area contributed by atoms with Crippen LogP contribution in [0.4, 0.5) is 0 Å². The Balaban J connectivity index is 2.43. The van der Waals surface area contributed by atoms with Crippen molar-refractivity contribution in [2.45, 2.75) is 65.6 Å². The van der Waals surface area contributed by atoms with E-state index >= 15 is 0 Å². The number of hydrogen-bond acceptors (Lipinski definition) is 3. The lowest BCUT2D eigenvalue weighted by molar-refractivity contribution is -0.180. The van der Waals surface area contributed by atoms with E-state index in [2.05, 4.69) is 46.4 Å². The van der Waals surface area contributed by atoms with Gasteiger partial charge in [-0.05, 0) is 59.0 Å². The standard InChI is InChI=1S/C15H32N2O/c1-13(2,10-16)8-7-9-17-11-14(3,4)18-15(5,6)12-17/h7-12,16H2,1-6H3. The molecule has 1 heterocycles. The Labute approximate surface area is 113 Å². The van der Waals surface area contributed by atoms with Gasteiger partial charge < -0.3 is 10.5 Å². The summed E-state index contributed by atoms with van der Waals surface area (Å²) < 4.78 is 6.10. The fourth-order valence-corrected chi connectivity index (χ4v) is 2.99. The second-order valence-corrected chi connectivity index (χ2v) is 7.80. The highest BCUT2D eigenvalue weighted by atomic mass is 16.5. The van der Waals surface area contributed by atoms with Gasteiger partial charge in [-0.1, -0.05) is 13.8 Å². The zero-order chi connectivity index (χ0) is 14.0. The van der Waals surface area contributed by atoms with Gasteiger partial charge in [0.2, 0.25) is 0 Å². The van der Waals surface area contributed by atoms with Crippen LogP contribution in [0.25, 0.3) is 0 Å². The average molecular weight is 256 g/mol. The summed E-state index contributed by atoms with van der Waals surface area (Å²) in [5, 5.41) is 0. The molecule has 18 heavy (non-hydrogen) atoms. The molecule has 1 saturated heterocycles. The Morgan fingerprint density at radius 1 is 1.11 bits per heavy atom. The molecular weight excluding hydrogens is 224 g/mol. The molecule has 1 aliphatic heterocycles. The van der Waals surface area contributed by atoms with Gasteiger partial charge in [-0.3, -0.25) is 4.90 Å². The summed E-state index contributed by atoms with van der Waals surface area (Å²) in [5.41, 5.74) is 5.98. The van der Waals surface area contributed by atoms with E-state index in [0.717, 1.165) is 26.2 Å². The molecule has 108 valence electrons. The first-order valence-electron chi connectivity index (χ1n) is 7.18. The van der Waals surface area contributed by atoms with Crippen LogP contribution in [-0.4, -0.2) is 42.3 Å². The molecule has 0 aromatic heterocycles. The Kier molecular flexibility index (Phi) is 4.85. The van der Waals surface area contributed by atoms with Crippen molar-refractivity contribution in [3.05, 3.63) is 0 Å². The molecule has 0 spiro atoms. The minimum absolute atomic E-state index is 0.0366. The lowest BCUT2D eigenvalue weighted by Gasteiger charge is -2.47. The molecule has 1 rings (SSSR count). The van der Waals surface area contributed by atoms with Crippen LogP contribution in [0.2, 0.25) is 0 Å². The fraction of sp³-hybridized carbons (Fsp3) is 1.00. The third-order valence-corrected chi connectivity index (χ3v) is 3.64. The van der Waals surface area contributed by atoms with Crippen molar-refractivity contribution in [1.29, 1.82) is 0 Å². The smallest absolute Gasteiger partial charge is 0.0760 e. The van der Waals surface area contributed by atoms with Crippen molar-refractivity contribution in [2.75, 3.05) is 26.2 Å². The molecule has 0 atom stereocenters. The largest absolute Gasteiger partial charge is 0.367 e. The maximum atomic E-state index is 6.10. The van der Waals surface area contributed by atoms with Crippen LogP contribution < -0.4 is 5.73 Å². The number of hydrogen-bond donors (Lipinski definition) is 1. The van der Waals surface area contributed by atoms with Crippen molar-refractivity contribution < 1.29 is 4.74 Å². The Morgan fingerprint density at radius 3 is 2.06 bits per heavy atom. The number of ether oxygens (including phenoxy) is 1. The highest BCUT2D eigenvalue weighted by Gasteiger charge is 2.37. The molecule has 0 bridgehead atoms. The molecule has 0 unspecified atom stereocenters. The normalized spacial score (nSPS) is 24.2. The molecule has 0 aliphatic carbocycles. The second kappa shape index (κ2) is 5.48. The van der Waals surface area contributed by atoms with Crippen molar-refractivity contribution in [3.8, 4) is 0 Å². The van der Waals surface area contributed by atoms with E-state index < -0.39 is 0 Å². The average Bonchev–Trinajstić information content (AvgIpc) is 2.12. The summed E-state index contributed by atoms with van der Waals surface area (Å²) >= 11 is 0. The van der Waals surface area contributed by atoms with Crippen molar-refractivity contribution in [1.82, 2.24) is 4.90 Å². The quantitative estimate of drug-likeness (QED) is 0.822. The summed E-state index contributed by atoms with van der Waals surface area (Å²) in [5.74, 6) is 0. The van der Waals surface area contributed by atoms with Crippen molar-refractivity contribution >= 4 is 0 Å². The van der Waals surface area contributed by atoms with E-state index in [1.54, 1.807) is 0 Å². The second-order valence-electron chi connectivity index (χ2n) is 7.80. The summed E-state index contributed by atoms with van der Waals surface area (Å²) in [6, 6.07) is 0. The highest BCUT2D eigenvalue weighted by Crippen LogP contribution is 2.29. The summed E-state index contributed by atoms with van der Waals surface area (Å²) in [4.78, 5) is 2.54. The van der Waals surface area contributed by atoms with Gasteiger partial charge in [0.1, 0.15) is 0 Å². The first-order valence-corrected chi connectivity index (χ1v) is 7.18. The number of nitrogens with two attached hydrogens (primary N) is 1. The molecular formula is C15H32N2O. The molecule has 0 aromatic rings. The minimum atomic E-state index is -0.0366. The van der Waals surface area contributed by atoms with Gasteiger partial charge in [-0.25, -0.2) is 0 Å². The van der Waals surface area contributed by atoms with Crippen LogP contribution in [0.3, 0.4) is 0 Å². The summed E-state index contributed by atoms with van der Waals surface area (Å²) in [6.45, 7) is 17.2. The molecule has 3 nitrogen and oxygen atoms in total. The van der Waals surface area contributed by atoms with E-state index in [1.165, 1.54) is 12.8 Å². The molecule has 0 radical (unpaired) electrons. The fourth-order valence-electron chi connectivity index (χ4n) is 2.99. The first-order chi connectivity index (χ1) is 8.05. The van der Waals surface area contributed by atoms with Gasteiger partial charge in [0.05, 0.1) is 11.2 Å². The predicted molar refractivity (Wildman–Crippen MR) is 77.8 cm³/mol. The lowest BCUT2D eigenvalue weighted by Crippen LogP contribution is -2.57. The van der Waals surface area contributed by atoms with E-state index in [1.807, 2.05) is 0 Å². The lowest BCUT2D eigenvalue weighted by atomic mass is 9.88. The van der Waals surface area contributed by atoms with Crippen LogP contribution in [0.15, 0.2) is 0 Å². The van der Waals surface area contributed by atoms with Crippen LogP contribution >= 0.6 is 0 Å². The molecule has 0 saturated carbocycles. The van der Waals surface area contributed by atoms with Crippen LogP contribution in [0, 0.1) is 5.41 Å². The predicted octanol–water partition coefficient (Wildman–Crippen LogP) is 2.64. The highest BCUT2D eigenvalue weighted by molar-refractivity contribution is 4.89. The van der Waals surface area contributed by atoms with Crippen LogP contribution in [0.5, 0.6) is 0 Å². The van der Waals surface area contributed by atoms with E-state index in [0.29, 0.717) is 0 Å². The zero-order valence-corrected chi connectivity index (χ0v) is 13.2. The van der Waals surface area contributed by atoms with Gasteiger partial charge in [0.25, 0.3) is 0 Å². The topological polar surface area (TPSA) is 38.5 Å². The van der Waals surface area contributed by atoms with Gasteiger partial charge in [0.15, 0.2) is 0 Å². The minimum Gasteiger partial charge on any atom is -0.367 e. The van der Waals surface area contributed by atoms with Gasteiger partial charge >= 0.3 is 0 Å². The summed E-state index contributed by atoms with van der Waals surface area (Å²) in [6.07, 6.45) is 2.41. The third-order valence-electron chi connectivity index (χ3n) is 3.64. The van der Waals surface area contributed by atoms with Crippen LogP contribution in [0.1, 0.15) is 54.4 Å². The monoisotopic (exact) mass is 256 g/mol. The molecule has 1 fully saturated rings. The molecule has 3 heteroatoms. The van der Waals surface area contributed by atoms with Gasteiger partial charge in [-0.15, -0.1) is 0 Å². The molecule has 0 amide bonds. The first kappa shape index (κ1) is 15.9. The number of nitrogens with zero attached hydrogens (tertiary/aromatic N) is 1.